The van der Waals surface area contributed by atoms with Crippen molar-refractivity contribution in [2.45, 2.75) is 0 Å². The van der Waals surface area contributed by atoms with Gasteiger partial charge in [-0.25, -0.2) is 9.59 Å². The first-order chi connectivity index (χ1) is 11.7. The molecule has 4 N–H and O–H groups in total. The van der Waals surface area contributed by atoms with E-state index < -0.39 is 11.9 Å². The first kappa shape index (κ1) is 22.1. The number of aromatic nitrogens is 3. The van der Waals surface area contributed by atoms with Crippen molar-refractivity contribution in [2.24, 2.45) is 0 Å². The molecule has 0 bridgehead atoms. The van der Waals surface area contributed by atoms with Gasteiger partial charge < -0.3 is 20.2 Å². The van der Waals surface area contributed by atoms with Gasteiger partial charge in [0.2, 0.25) is 0 Å². The third kappa shape index (κ3) is 5.81. The maximum atomic E-state index is 10.8. The lowest BCUT2D eigenvalue weighted by Gasteiger charge is -2.04. The van der Waals surface area contributed by atoms with Gasteiger partial charge in [-0.2, -0.15) is 14.4 Å². The first-order valence-electron chi connectivity index (χ1n) is 6.79. The quantitative estimate of drug-likeness (QED) is 0.360. The average molecular weight is 430 g/mol. The molecule has 12 heteroatoms. The third-order valence-electron chi connectivity index (χ3n) is 2.87. The zero-order chi connectivity index (χ0) is 16.8. The van der Waals surface area contributed by atoms with Gasteiger partial charge in [-0.05, 0) is 24.3 Å². The lowest BCUT2D eigenvalue weighted by molar-refractivity contribution is 0.0444. The van der Waals surface area contributed by atoms with Crippen LogP contribution in [0.2, 0.25) is 0 Å². The van der Waals surface area contributed by atoms with Crippen molar-refractivity contribution in [3.63, 3.8) is 0 Å². The topological polar surface area (TPSA) is 121 Å². The van der Waals surface area contributed by atoms with Crippen molar-refractivity contribution in [3.8, 4) is 5.75 Å². The SMILES string of the molecule is N.O=C1OC(=O)c2ccccc21.P.c1ccc(On2pn[pH][nH][pH]2)cc1. The summed E-state index contributed by atoms with van der Waals surface area (Å²) in [6, 6.07) is 16.3. The van der Waals surface area contributed by atoms with E-state index in [0.717, 1.165) is 14.3 Å². The second kappa shape index (κ2) is 10.9. The van der Waals surface area contributed by atoms with Crippen LogP contribution in [0.25, 0.3) is 0 Å². The van der Waals surface area contributed by atoms with Gasteiger partial charge in [0.15, 0.2) is 14.3 Å². The van der Waals surface area contributed by atoms with Crippen molar-refractivity contribution in [1.29, 1.82) is 0 Å². The van der Waals surface area contributed by atoms with E-state index in [1.807, 2.05) is 30.3 Å². The first-order valence-corrected chi connectivity index (χ1v) is 9.48. The number of nitrogens with zero attached hydrogens (tertiary/aromatic N) is 2. The maximum Gasteiger partial charge on any atom is 0.346 e. The number of H-pyrrole nitrogens is 1. The minimum absolute atomic E-state index is 0. The molecule has 0 saturated carbocycles. The van der Waals surface area contributed by atoms with Gasteiger partial charge in [0.05, 0.1) is 19.6 Å². The molecule has 3 unspecified atom stereocenters. The van der Waals surface area contributed by atoms with Crippen LogP contribution in [0.1, 0.15) is 20.7 Å². The molecule has 2 aromatic carbocycles. The predicted octanol–water partition coefficient (Wildman–Crippen LogP) is 4.04. The van der Waals surface area contributed by atoms with Crippen molar-refractivity contribution < 1.29 is 19.2 Å². The molecular weight excluding hydrogens is 412 g/mol. The number of cyclic esters (lactones) is 2. The number of rotatable bonds is 2. The van der Waals surface area contributed by atoms with Crippen LogP contribution in [0.3, 0.4) is 0 Å². The monoisotopic (exact) mass is 430 g/mol. The third-order valence-corrected chi connectivity index (χ3v) is 5.62. The summed E-state index contributed by atoms with van der Waals surface area (Å²) in [5.74, 6) is -0.249. The number of esters is 2. The number of nitrogens with one attached hydrogen (secondary N) is 1. The molecular formula is C14H18N4O4P4. The molecule has 0 spiro atoms. The lowest BCUT2D eigenvalue weighted by Crippen LogP contribution is -1.96. The van der Waals surface area contributed by atoms with Crippen LogP contribution in [-0.4, -0.2) is 25.2 Å². The molecule has 3 atom stereocenters. The number of carbonyl (C=O) groups is 2. The Morgan fingerprint density at radius 3 is 2.12 bits per heavy atom. The highest BCUT2D eigenvalue weighted by atomic mass is 31.1. The molecule has 2 heterocycles. The normalized spacial score (nSPS) is 11.8. The number of ether oxygens (including phenoxy) is 1. The average Bonchev–Trinajstić information content (AvgIpc) is 2.92. The smallest absolute Gasteiger partial charge is 0.346 e. The minimum Gasteiger partial charge on any atom is -0.386 e. The maximum absolute atomic E-state index is 10.8. The van der Waals surface area contributed by atoms with Crippen LogP contribution in [-0.2, 0) is 4.74 Å². The van der Waals surface area contributed by atoms with Crippen molar-refractivity contribution in [1.82, 2.24) is 19.4 Å². The van der Waals surface area contributed by atoms with Gasteiger partial charge >= 0.3 is 11.9 Å². The van der Waals surface area contributed by atoms with Crippen molar-refractivity contribution in [2.75, 3.05) is 0 Å². The highest BCUT2D eigenvalue weighted by Gasteiger charge is 2.28. The summed E-state index contributed by atoms with van der Waals surface area (Å²) in [5.41, 5.74) is 0.718. The minimum atomic E-state index is -0.550. The number of hydrogen-bond acceptors (Lipinski definition) is 6. The van der Waals surface area contributed by atoms with E-state index in [1.54, 1.807) is 28.5 Å². The summed E-state index contributed by atoms with van der Waals surface area (Å²) in [7, 11) is 1.87. The molecule has 1 aromatic heterocycles. The van der Waals surface area contributed by atoms with E-state index in [-0.39, 0.29) is 16.0 Å². The van der Waals surface area contributed by atoms with E-state index in [0.29, 0.717) is 28.1 Å². The Bertz CT molecular complexity index is 801. The van der Waals surface area contributed by atoms with Crippen molar-refractivity contribution >= 4 is 47.4 Å². The second-order valence-corrected chi connectivity index (χ2v) is 8.01. The molecule has 0 amide bonds. The van der Waals surface area contributed by atoms with Gasteiger partial charge in [0.1, 0.15) is 0 Å². The van der Waals surface area contributed by atoms with E-state index in [1.165, 1.54) is 0 Å². The fraction of sp³-hybridized carbons (Fsp3) is 0. The summed E-state index contributed by atoms with van der Waals surface area (Å²) < 4.78 is 13.4. The number of hydrogen-bond donors (Lipinski definition) is 2. The standard InChI is InChI=1S/C8H4O3.C6H8N3OP3.H3N.H3P/c9-7-5-3-1-2-4-6(5)8(10)11-7;1-2-4-6(5-3-1)10-9-12-7-11-8-13-9;;/h1-4H;1-5,7,11-12H;2*1H3. The molecule has 138 valence electrons. The fourth-order valence-electron chi connectivity index (χ4n) is 1.84. The van der Waals surface area contributed by atoms with Crippen LogP contribution in [0.15, 0.2) is 54.6 Å². The summed E-state index contributed by atoms with van der Waals surface area (Å²) in [6.07, 6.45) is 0. The van der Waals surface area contributed by atoms with Crippen LogP contribution in [0.5, 0.6) is 5.75 Å². The zero-order valence-corrected chi connectivity index (χ0v) is 17.9. The van der Waals surface area contributed by atoms with Crippen molar-refractivity contribution in [3.05, 3.63) is 65.7 Å². The van der Waals surface area contributed by atoms with Gasteiger partial charge in [-0.15, -0.1) is 4.26 Å². The van der Waals surface area contributed by atoms with Crippen LogP contribution < -0.4 is 11.0 Å². The van der Waals surface area contributed by atoms with Gasteiger partial charge in [0.25, 0.3) is 0 Å². The number of fused-ring (bicyclic) bond motifs is 1. The van der Waals surface area contributed by atoms with Gasteiger partial charge in [0, 0.05) is 8.51 Å². The molecule has 3 aromatic rings. The number of carbonyl (C=O) groups excluding carboxylic acids is 2. The highest BCUT2D eigenvalue weighted by Crippen LogP contribution is 2.18. The highest BCUT2D eigenvalue weighted by molar-refractivity contribution is 7.44. The number of para-hydroxylation sites is 1. The predicted molar refractivity (Wildman–Crippen MR) is 111 cm³/mol. The van der Waals surface area contributed by atoms with E-state index in [9.17, 15) is 9.59 Å². The van der Waals surface area contributed by atoms with Crippen LogP contribution in [0, 0.1) is 0 Å². The molecule has 4 rings (SSSR count). The summed E-state index contributed by atoms with van der Waals surface area (Å²) in [5, 5.41) is 0. The Morgan fingerprint density at radius 2 is 1.58 bits per heavy atom. The zero-order valence-electron chi connectivity index (χ0n) is 13.6. The Labute approximate surface area is 157 Å². The second-order valence-electron chi connectivity index (χ2n) is 4.44. The van der Waals surface area contributed by atoms with Crippen LogP contribution in [0.4, 0.5) is 0 Å². The molecule has 0 saturated heterocycles. The lowest BCUT2D eigenvalue weighted by atomic mass is 10.1. The van der Waals surface area contributed by atoms with Crippen LogP contribution >= 0.6 is 35.4 Å². The molecule has 0 fully saturated rings. The number of aromatic amines is 1. The molecule has 1 aliphatic heterocycles. The Morgan fingerprint density at radius 1 is 1.00 bits per heavy atom. The number of benzene rings is 2. The summed E-state index contributed by atoms with van der Waals surface area (Å²) in [6.45, 7) is 0. The molecule has 8 nitrogen and oxygen atoms in total. The summed E-state index contributed by atoms with van der Waals surface area (Å²) in [4.78, 5) is 27.2. The Hall–Kier alpha value is -1.93. The van der Waals surface area contributed by atoms with E-state index in [2.05, 4.69) is 13.8 Å². The Balaban J connectivity index is 0.000000244. The van der Waals surface area contributed by atoms with E-state index >= 15 is 0 Å². The molecule has 0 radical (unpaired) electrons. The molecule has 1 aliphatic rings. The molecule has 26 heavy (non-hydrogen) atoms. The Kier molecular flexibility index (Phi) is 9.29. The van der Waals surface area contributed by atoms with Gasteiger partial charge in [-0.1, -0.05) is 30.3 Å². The fourth-order valence-corrected chi connectivity index (χ4v) is 4.89. The van der Waals surface area contributed by atoms with Gasteiger partial charge in [-0.3, -0.25) is 0 Å². The summed E-state index contributed by atoms with van der Waals surface area (Å²) >= 11 is 0. The largest absolute Gasteiger partial charge is 0.386 e. The van der Waals surface area contributed by atoms with E-state index in [4.69, 9.17) is 4.84 Å². The molecule has 0 aliphatic carbocycles.